The first-order valence-corrected chi connectivity index (χ1v) is 3.24. The maximum atomic E-state index is 2.18. The van der Waals surface area contributed by atoms with Crippen molar-refractivity contribution < 1.29 is 0 Å². The van der Waals surface area contributed by atoms with E-state index >= 15 is 0 Å². The second-order valence-corrected chi connectivity index (χ2v) is 2.74. The maximum Gasteiger partial charge on any atom is 0.0168 e. The molecule has 0 bridgehead atoms. The van der Waals surface area contributed by atoms with Crippen LogP contribution in [0.4, 0.5) is 0 Å². The molecule has 0 amide bonds. The van der Waals surface area contributed by atoms with Crippen molar-refractivity contribution in [3.05, 3.63) is 23.4 Å². The molecule has 0 spiro atoms. The fourth-order valence-corrected chi connectivity index (χ4v) is 0.949. The molecule has 1 aliphatic rings. The van der Waals surface area contributed by atoms with Gasteiger partial charge in [-0.15, -0.1) is 0 Å². The molecule has 0 saturated heterocycles. The van der Waals surface area contributed by atoms with Gasteiger partial charge in [-0.2, -0.15) is 0 Å². The first-order chi connectivity index (χ1) is 4.20. The molecule has 0 aromatic rings. The zero-order valence-corrected chi connectivity index (χ0v) is 6.31. The summed E-state index contributed by atoms with van der Waals surface area (Å²) in [4.78, 5) is 2.16. The Balaban J connectivity index is 2.54. The lowest BCUT2D eigenvalue weighted by Crippen LogP contribution is -2.09. The molecule has 0 aromatic heterocycles. The van der Waals surface area contributed by atoms with Gasteiger partial charge in [-0.25, -0.2) is 0 Å². The molecule has 0 radical (unpaired) electrons. The van der Waals surface area contributed by atoms with Gasteiger partial charge in [0, 0.05) is 26.2 Å². The highest BCUT2D eigenvalue weighted by atomic mass is 15.1. The van der Waals surface area contributed by atoms with Crippen molar-refractivity contribution in [3.63, 3.8) is 0 Å². The van der Waals surface area contributed by atoms with E-state index in [9.17, 15) is 0 Å². The van der Waals surface area contributed by atoms with Crippen LogP contribution in [0.2, 0.25) is 0 Å². The molecule has 9 heavy (non-hydrogen) atoms. The summed E-state index contributed by atoms with van der Waals surface area (Å²) < 4.78 is 0. The van der Waals surface area contributed by atoms with Gasteiger partial charge in [0.2, 0.25) is 0 Å². The molecule has 1 nitrogen and oxygen atoms in total. The van der Waals surface area contributed by atoms with Crippen LogP contribution in [0.25, 0.3) is 0 Å². The number of allylic oxidation sites excluding steroid dienone is 3. The van der Waals surface area contributed by atoms with Crippen LogP contribution in [0.15, 0.2) is 23.4 Å². The topological polar surface area (TPSA) is 3.24 Å². The van der Waals surface area contributed by atoms with Gasteiger partial charge in [0.15, 0.2) is 0 Å². The second kappa shape index (κ2) is 2.26. The minimum atomic E-state index is 1.13. The van der Waals surface area contributed by atoms with Crippen LogP contribution in [-0.2, 0) is 0 Å². The smallest absolute Gasteiger partial charge is 0.0168 e. The second-order valence-electron chi connectivity index (χ2n) is 2.74. The lowest BCUT2D eigenvalue weighted by molar-refractivity contribution is 0.502. The van der Waals surface area contributed by atoms with E-state index in [1.165, 1.54) is 11.3 Å². The Morgan fingerprint density at radius 2 is 2.00 bits per heavy atom. The zero-order chi connectivity index (χ0) is 6.85. The summed E-state index contributed by atoms with van der Waals surface area (Å²) in [6.07, 6.45) is 5.48. The molecule has 0 heterocycles. The van der Waals surface area contributed by atoms with E-state index in [0.717, 1.165) is 6.42 Å². The fourth-order valence-electron chi connectivity index (χ4n) is 0.949. The van der Waals surface area contributed by atoms with Gasteiger partial charge in [-0.3, -0.25) is 0 Å². The third-order valence-electron chi connectivity index (χ3n) is 1.59. The largest absolute Gasteiger partial charge is 0.381 e. The standard InChI is InChI=1S/C8H13N/c1-7-4-5-8(6-7)9(2)3/h4-5H,6H2,1-3H3. The van der Waals surface area contributed by atoms with Gasteiger partial charge in [0.05, 0.1) is 0 Å². The quantitative estimate of drug-likeness (QED) is 0.513. The average molecular weight is 123 g/mol. The zero-order valence-electron chi connectivity index (χ0n) is 6.31. The third-order valence-corrected chi connectivity index (χ3v) is 1.59. The maximum absolute atomic E-state index is 2.18. The van der Waals surface area contributed by atoms with Crippen LogP contribution in [0.3, 0.4) is 0 Å². The predicted octanol–water partition coefficient (Wildman–Crippen LogP) is 1.78. The molecule has 1 aliphatic carbocycles. The first kappa shape index (κ1) is 6.40. The number of hydrogen-bond donors (Lipinski definition) is 0. The van der Waals surface area contributed by atoms with Gasteiger partial charge < -0.3 is 4.90 Å². The summed E-state index contributed by atoms with van der Waals surface area (Å²) in [6, 6.07) is 0. The summed E-state index contributed by atoms with van der Waals surface area (Å²) in [5.74, 6) is 0. The molecule has 0 fully saturated rings. The van der Waals surface area contributed by atoms with Gasteiger partial charge >= 0.3 is 0 Å². The van der Waals surface area contributed by atoms with Crippen molar-refractivity contribution in [2.24, 2.45) is 0 Å². The number of hydrogen-bond acceptors (Lipinski definition) is 1. The molecule has 0 atom stereocenters. The van der Waals surface area contributed by atoms with Crippen molar-refractivity contribution in [2.75, 3.05) is 14.1 Å². The van der Waals surface area contributed by atoms with Crippen molar-refractivity contribution in [2.45, 2.75) is 13.3 Å². The normalized spacial score (nSPS) is 17.2. The fraction of sp³-hybridized carbons (Fsp3) is 0.500. The number of nitrogens with zero attached hydrogens (tertiary/aromatic N) is 1. The minimum absolute atomic E-state index is 1.13. The Hall–Kier alpha value is -0.720. The molecule has 0 aliphatic heterocycles. The lowest BCUT2D eigenvalue weighted by atomic mass is 10.2. The van der Waals surface area contributed by atoms with E-state index in [2.05, 4.69) is 38.1 Å². The minimum Gasteiger partial charge on any atom is -0.381 e. The molecule has 1 heteroatoms. The molecular weight excluding hydrogens is 110 g/mol. The summed E-state index contributed by atoms with van der Waals surface area (Å²) in [5.41, 5.74) is 2.87. The van der Waals surface area contributed by atoms with Gasteiger partial charge in [0.25, 0.3) is 0 Å². The van der Waals surface area contributed by atoms with Crippen LogP contribution in [0.5, 0.6) is 0 Å². The Morgan fingerprint density at radius 3 is 2.22 bits per heavy atom. The molecular formula is C8H13N. The molecule has 1 rings (SSSR count). The van der Waals surface area contributed by atoms with Crippen LogP contribution in [-0.4, -0.2) is 19.0 Å². The van der Waals surface area contributed by atoms with Gasteiger partial charge in [-0.1, -0.05) is 11.6 Å². The van der Waals surface area contributed by atoms with E-state index < -0.39 is 0 Å². The Kier molecular flexibility index (Phi) is 1.60. The van der Waals surface area contributed by atoms with E-state index in [-0.39, 0.29) is 0 Å². The first-order valence-electron chi connectivity index (χ1n) is 3.24. The Labute approximate surface area is 56.7 Å². The summed E-state index contributed by atoms with van der Waals surface area (Å²) >= 11 is 0. The highest BCUT2D eigenvalue weighted by Crippen LogP contribution is 2.18. The van der Waals surface area contributed by atoms with E-state index in [1.54, 1.807) is 0 Å². The third kappa shape index (κ3) is 1.35. The van der Waals surface area contributed by atoms with Crippen LogP contribution >= 0.6 is 0 Å². The van der Waals surface area contributed by atoms with Crippen molar-refractivity contribution in [3.8, 4) is 0 Å². The Bertz CT molecular complexity index is 163. The molecule has 0 saturated carbocycles. The van der Waals surface area contributed by atoms with Crippen LogP contribution < -0.4 is 0 Å². The van der Waals surface area contributed by atoms with Crippen LogP contribution in [0, 0.1) is 0 Å². The summed E-state index contributed by atoms with van der Waals surface area (Å²) in [7, 11) is 4.16. The Morgan fingerprint density at radius 1 is 1.33 bits per heavy atom. The van der Waals surface area contributed by atoms with E-state index in [0.29, 0.717) is 0 Å². The molecule has 0 unspecified atom stereocenters. The van der Waals surface area contributed by atoms with Crippen molar-refractivity contribution >= 4 is 0 Å². The summed E-state index contributed by atoms with van der Waals surface area (Å²) in [6.45, 7) is 2.16. The van der Waals surface area contributed by atoms with Crippen LogP contribution in [0.1, 0.15) is 13.3 Å². The summed E-state index contributed by atoms with van der Waals surface area (Å²) in [5, 5.41) is 0. The predicted molar refractivity (Wildman–Crippen MR) is 40.1 cm³/mol. The average Bonchev–Trinajstić information content (AvgIpc) is 2.14. The van der Waals surface area contributed by atoms with Gasteiger partial charge in [0.1, 0.15) is 0 Å². The lowest BCUT2D eigenvalue weighted by Gasteiger charge is -2.13. The molecule has 0 N–H and O–H groups in total. The molecule has 50 valence electrons. The highest BCUT2D eigenvalue weighted by Gasteiger charge is 2.04. The SMILES string of the molecule is CC1=CC=C(N(C)C)C1. The van der Waals surface area contributed by atoms with E-state index in [4.69, 9.17) is 0 Å². The van der Waals surface area contributed by atoms with Crippen molar-refractivity contribution in [1.29, 1.82) is 0 Å². The highest BCUT2D eigenvalue weighted by molar-refractivity contribution is 5.27. The van der Waals surface area contributed by atoms with Gasteiger partial charge in [-0.05, 0) is 13.0 Å². The number of rotatable bonds is 1. The monoisotopic (exact) mass is 123 g/mol. The van der Waals surface area contributed by atoms with Crippen molar-refractivity contribution in [1.82, 2.24) is 4.90 Å². The van der Waals surface area contributed by atoms with E-state index in [1.807, 2.05) is 0 Å². The molecule has 0 aromatic carbocycles.